The predicted molar refractivity (Wildman–Crippen MR) is 57.3 cm³/mol. The monoisotopic (exact) mass is 275 g/mol. The number of carboxylic acid groups (broad SMARTS) is 1. The Labute approximate surface area is 105 Å². The zero-order chi connectivity index (χ0) is 14.0. The van der Waals surface area contributed by atoms with E-state index in [1.54, 1.807) is 0 Å². The summed E-state index contributed by atoms with van der Waals surface area (Å²) in [5.41, 5.74) is -0.0749. The molecule has 8 heteroatoms. The molecule has 0 aliphatic carbocycles. The largest absolute Gasteiger partial charge is 0.573 e. The number of rotatable bonds is 3. The fraction of sp³-hybridized carbons (Fsp3) is 0.182. The third kappa shape index (κ3) is 3.09. The highest BCUT2D eigenvalue weighted by atomic mass is 19.4. The van der Waals surface area contributed by atoms with E-state index >= 15 is 0 Å². The summed E-state index contributed by atoms with van der Waals surface area (Å²) in [4.78, 5) is 15.6. The first-order valence-electron chi connectivity index (χ1n) is 5.08. The summed E-state index contributed by atoms with van der Waals surface area (Å²) in [5, 5.41) is 9.75. The van der Waals surface area contributed by atoms with E-state index in [1.165, 1.54) is 18.2 Å². The molecule has 0 atom stereocenters. The van der Waals surface area contributed by atoms with Crippen molar-refractivity contribution < 1.29 is 32.6 Å². The van der Waals surface area contributed by atoms with Gasteiger partial charge in [0.1, 0.15) is 11.9 Å². The quantitative estimate of drug-likeness (QED) is 0.917. The maximum Gasteiger partial charge on any atom is 0.573 e. The van der Waals surface area contributed by atoms with Crippen LogP contribution in [0.15, 0.2) is 36.1 Å². The van der Waals surface area contributed by atoms with Gasteiger partial charge in [-0.05, 0) is 12.1 Å². The minimum atomic E-state index is -4.83. The van der Waals surface area contributed by atoms with Crippen LogP contribution < -0.4 is 9.80 Å². The van der Waals surface area contributed by atoms with E-state index in [0.717, 1.165) is 17.4 Å². The average Bonchev–Trinajstić information content (AvgIpc) is 2.76. The minimum absolute atomic E-state index is 0.00711. The smallest absolute Gasteiger partial charge is 0.478 e. The van der Waals surface area contributed by atoms with Gasteiger partial charge in [-0.2, -0.15) is 0 Å². The molecule has 0 amide bonds. The highest BCUT2D eigenvalue weighted by Crippen LogP contribution is 2.34. The van der Waals surface area contributed by atoms with E-state index in [4.69, 9.17) is 9.94 Å². The number of carbonyl (C=O) groups is 1. The molecule has 1 aromatic rings. The first-order valence-corrected chi connectivity index (χ1v) is 5.08. The van der Waals surface area contributed by atoms with Crippen LogP contribution in [0.3, 0.4) is 0 Å². The Morgan fingerprint density at radius 3 is 2.63 bits per heavy atom. The Morgan fingerprint density at radius 1 is 1.37 bits per heavy atom. The van der Waals surface area contributed by atoms with Gasteiger partial charge in [-0.3, -0.25) is 0 Å². The number of hydrogen-bond acceptors (Lipinski definition) is 4. The van der Waals surface area contributed by atoms with Crippen molar-refractivity contribution >= 4 is 11.7 Å². The molecule has 0 aromatic heterocycles. The van der Waals surface area contributed by atoms with Crippen molar-refractivity contribution in [3.8, 4) is 5.75 Å². The standard InChI is InChI=1S/C11H8F3NO4/c12-11(13,14)19-9-4-2-1-3-8(9)15-5-7(6-18-15)10(16)17/h1-4,6H,5H2,(H,16,17). The summed E-state index contributed by atoms with van der Waals surface area (Å²) in [7, 11) is 0. The number of alkyl halides is 3. The normalized spacial score (nSPS) is 14.9. The topological polar surface area (TPSA) is 59.0 Å². The van der Waals surface area contributed by atoms with Crippen LogP contribution in [0, 0.1) is 0 Å². The van der Waals surface area contributed by atoms with Gasteiger partial charge in [0.25, 0.3) is 0 Å². The van der Waals surface area contributed by atoms with Gasteiger partial charge in [0.05, 0.1) is 12.1 Å². The van der Waals surface area contributed by atoms with Gasteiger partial charge in [-0.25, -0.2) is 9.86 Å². The summed E-state index contributed by atoms with van der Waals surface area (Å²) < 4.78 is 40.5. The molecule has 1 aliphatic heterocycles. The number of aliphatic carboxylic acids is 1. The average molecular weight is 275 g/mol. The fourth-order valence-corrected chi connectivity index (χ4v) is 1.49. The zero-order valence-corrected chi connectivity index (χ0v) is 9.35. The van der Waals surface area contributed by atoms with Crippen molar-refractivity contribution in [3.05, 3.63) is 36.1 Å². The number of para-hydroxylation sites is 2. The van der Waals surface area contributed by atoms with Crippen LogP contribution in [0.4, 0.5) is 18.9 Å². The number of halogens is 3. The van der Waals surface area contributed by atoms with Gasteiger partial charge in [0.2, 0.25) is 0 Å². The third-order valence-corrected chi connectivity index (χ3v) is 2.27. The Kier molecular flexibility index (Phi) is 3.24. The van der Waals surface area contributed by atoms with Crippen LogP contribution >= 0.6 is 0 Å². The number of hydrogen-bond donors (Lipinski definition) is 1. The van der Waals surface area contributed by atoms with Gasteiger partial charge in [-0.15, -0.1) is 13.2 Å². The SMILES string of the molecule is O=C(O)C1=CON(c2ccccc2OC(F)(F)F)C1. The van der Waals surface area contributed by atoms with Crippen LogP contribution in [0.2, 0.25) is 0 Å². The van der Waals surface area contributed by atoms with Crippen molar-refractivity contribution in [2.75, 3.05) is 11.6 Å². The van der Waals surface area contributed by atoms with Gasteiger partial charge in [0, 0.05) is 0 Å². The second-order valence-corrected chi connectivity index (χ2v) is 3.61. The Bertz CT molecular complexity index is 527. The number of carboxylic acids is 1. The van der Waals surface area contributed by atoms with Gasteiger partial charge in [0.15, 0.2) is 5.75 Å². The molecule has 0 spiro atoms. The number of nitrogens with zero attached hydrogens (tertiary/aromatic N) is 1. The Balaban J connectivity index is 2.20. The van der Waals surface area contributed by atoms with Crippen molar-refractivity contribution in [1.82, 2.24) is 0 Å². The second kappa shape index (κ2) is 4.71. The summed E-state index contributed by atoms with van der Waals surface area (Å²) in [5.74, 6) is -1.66. The van der Waals surface area contributed by atoms with Crippen LogP contribution in [0.1, 0.15) is 0 Å². The van der Waals surface area contributed by atoms with Crippen molar-refractivity contribution in [1.29, 1.82) is 0 Å². The second-order valence-electron chi connectivity index (χ2n) is 3.61. The molecule has 102 valence electrons. The minimum Gasteiger partial charge on any atom is -0.478 e. The molecule has 1 aliphatic rings. The van der Waals surface area contributed by atoms with E-state index in [0.29, 0.717) is 0 Å². The van der Waals surface area contributed by atoms with E-state index in [-0.39, 0.29) is 17.8 Å². The van der Waals surface area contributed by atoms with Crippen LogP contribution in [0.25, 0.3) is 0 Å². The molecule has 19 heavy (non-hydrogen) atoms. The third-order valence-electron chi connectivity index (χ3n) is 2.27. The Hall–Kier alpha value is -2.38. The van der Waals surface area contributed by atoms with Crippen molar-refractivity contribution in [2.24, 2.45) is 0 Å². The number of benzene rings is 1. The lowest BCUT2D eigenvalue weighted by molar-refractivity contribution is -0.274. The number of ether oxygens (including phenoxy) is 1. The molecular formula is C11H8F3NO4. The van der Waals surface area contributed by atoms with Crippen LogP contribution in [-0.2, 0) is 9.63 Å². The molecule has 0 saturated heterocycles. The molecule has 0 radical (unpaired) electrons. The molecule has 1 heterocycles. The number of anilines is 1. The van der Waals surface area contributed by atoms with Crippen molar-refractivity contribution in [2.45, 2.75) is 6.36 Å². The van der Waals surface area contributed by atoms with Crippen molar-refractivity contribution in [3.63, 3.8) is 0 Å². The highest BCUT2D eigenvalue weighted by molar-refractivity contribution is 5.88. The van der Waals surface area contributed by atoms with E-state index in [1.807, 2.05) is 0 Å². The lowest BCUT2D eigenvalue weighted by Crippen LogP contribution is -2.23. The summed E-state index contributed by atoms with van der Waals surface area (Å²) >= 11 is 0. The molecule has 5 nitrogen and oxygen atoms in total. The molecule has 0 unspecified atom stereocenters. The van der Waals surface area contributed by atoms with Gasteiger partial charge >= 0.3 is 12.3 Å². The summed E-state index contributed by atoms with van der Waals surface area (Å²) in [6.45, 7) is -0.173. The maximum absolute atomic E-state index is 12.2. The molecule has 2 rings (SSSR count). The fourth-order valence-electron chi connectivity index (χ4n) is 1.49. The first kappa shape index (κ1) is 13.1. The summed E-state index contributed by atoms with van der Waals surface area (Å²) in [6.07, 6.45) is -3.87. The lowest BCUT2D eigenvalue weighted by atomic mass is 10.2. The lowest BCUT2D eigenvalue weighted by Gasteiger charge is -2.20. The molecular weight excluding hydrogens is 267 g/mol. The van der Waals surface area contributed by atoms with Crippen LogP contribution in [0.5, 0.6) is 5.75 Å². The zero-order valence-electron chi connectivity index (χ0n) is 9.35. The molecule has 1 N–H and O–H groups in total. The Morgan fingerprint density at radius 2 is 2.05 bits per heavy atom. The summed E-state index contributed by atoms with van der Waals surface area (Å²) in [6, 6.07) is 5.30. The van der Waals surface area contributed by atoms with Gasteiger partial charge < -0.3 is 14.7 Å². The van der Waals surface area contributed by atoms with Gasteiger partial charge in [-0.1, -0.05) is 12.1 Å². The predicted octanol–water partition coefficient (Wildman–Crippen LogP) is 2.31. The first-order chi connectivity index (χ1) is 8.87. The highest BCUT2D eigenvalue weighted by Gasteiger charge is 2.33. The van der Waals surface area contributed by atoms with Crippen LogP contribution in [-0.4, -0.2) is 24.0 Å². The number of hydroxylamine groups is 1. The molecule has 0 saturated carbocycles. The molecule has 0 bridgehead atoms. The molecule has 1 aromatic carbocycles. The molecule has 0 fully saturated rings. The maximum atomic E-state index is 12.2. The van der Waals surface area contributed by atoms with E-state index < -0.39 is 18.1 Å². The van der Waals surface area contributed by atoms with E-state index in [2.05, 4.69) is 4.74 Å². The van der Waals surface area contributed by atoms with E-state index in [9.17, 15) is 18.0 Å².